The Hall–Kier alpha value is -1.49. The highest BCUT2D eigenvalue weighted by molar-refractivity contribution is 7.80. The van der Waals surface area contributed by atoms with E-state index >= 15 is 0 Å². The van der Waals surface area contributed by atoms with E-state index in [0.717, 1.165) is 22.3 Å². The second-order valence-corrected chi connectivity index (χ2v) is 3.61. The molecule has 0 aliphatic heterocycles. The maximum Gasteiger partial charge on any atom is 0.157 e. The van der Waals surface area contributed by atoms with E-state index in [9.17, 15) is 0 Å². The predicted molar refractivity (Wildman–Crippen MR) is 59.1 cm³/mol. The Labute approximate surface area is 86.7 Å². The molecule has 0 aliphatic rings. The van der Waals surface area contributed by atoms with Gasteiger partial charge in [-0.3, -0.25) is 4.68 Å². The zero-order chi connectivity index (χ0) is 10.3. The fourth-order valence-electron chi connectivity index (χ4n) is 1.44. The van der Waals surface area contributed by atoms with Crippen LogP contribution in [0.3, 0.4) is 0 Å². The van der Waals surface area contributed by atoms with Gasteiger partial charge in [-0.1, -0.05) is 12.2 Å². The lowest BCUT2D eigenvalue weighted by Gasteiger charge is -1.97. The number of hydrogen-bond donors (Lipinski definition) is 1. The van der Waals surface area contributed by atoms with Crippen molar-refractivity contribution in [2.75, 3.05) is 0 Å². The van der Waals surface area contributed by atoms with Crippen molar-refractivity contribution in [1.29, 1.82) is 0 Å². The summed E-state index contributed by atoms with van der Waals surface area (Å²) in [7, 11) is 1.86. The molecular weight excluding hydrogens is 196 g/mol. The molecule has 0 fully saturated rings. The van der Waals surface area contributed by atoms with Gasteiger partial charge in [0, 0.05) is 24.2 Å². The molecule has 0 spiro atoms. The van der Waals surface area contributed by atoms with E-state index in [1.165, 1.54) is 0 Å². The van der Waals surface area contributed by atoms with E-state index in [4.69, 9.17) is 18.0 Å². The molecule has 0 unspecified atom stereocenters. The third kappa shape index (κ3) is 1.26. The van der Waals surface area contributed by atoms with Gasteiger partial charge in [0.05, 0.1) is 5.69 Å². The molecule has 0 radical (unpaired) electrons. The Bertz CT molecular complexity index is 515. The number of aromatic nitrogens is 3. The first kappa shape index (κ1) is 9.08. The highest BCUT2D eigenvalue weighted by Gasteiger charge is 2.07. The summed E-state index contributed by atoms with van der Waals surface area (Å²) in [6.45, 7) is 1.94. The quantitative estimate of drug-likeness (QED) is 0.705. The van der Waals surface area contributed by atoms with Crippen LogP contribution >= 0.6 is 12.2 Å². The minimum Gasteiger partial charge on any atom is -0.389 e. The second-order valence-electron chi connectivity index (χ2n) is 3.17. The Balaban J connectivity index is 2.77. The molecule has 4 nitrogen and oxygen atoms in total. The van der Waals surface area contributed by atoms with E-state index in [0.29, 0.717) is 4.99 Å². The average Bonchev–Trinajstić information content (AvgIpc) is 2.42. The molecular formula is C9H10N4S. The summed E-state index contributed by atoms with van der Waals surface area (Å²) in [5, 5.41) is 5.26. The molecule has 0 saturated carbocycles. The maximum absolute atomic E-state index is 5.53. The van der Waals surface area contributed by atoms with Gasteiger partial charge in [0.2, 0.25) is 0 Å². The van der Waals surface area contributed by atoms with Gasteiger partial charge >= 0.3 is 0 Å². The standard InChI is InChI=1S/C9H10N4S/c1-5-7-3-6(8(10)14)4-11-9(7)13(2)12-5/h3-4H,1-2H3,(H2,10,14). The highest BCUT2D eigenvalue weighted by Crippen LogP contribution is 2.16. The third-order valence-electron chi connectivity index (χ3n) is 2.15. The molecule has 0 aliphatic carbocycles. The minimum absolute atomic E-state index is 0.364. The number of aryl methyl sites for hydroxylation is 2. The lowest BCUT2D eigenvalue weighted by molar-refractivity contribution is 0.774. The van der Waals surface area contributed by atoms with Gasteiger partial charge in [-0.15, -0.1) is 0 Å². The van der Waals surface area contributed by atoms with Crippen LogP contribution in [0.2, 0.25) is 0 Å². The fourth-order valence-corrected chi connectivity index (χ4v) is 1.55. The Morgan fingerprint density at radius 1 is 1.57 bits per heavy atom. The van der Waals surface area contributed by atoms with Crippen molar-refractivity contribution in [3.05, 3.63) is 23.5 Å². The molecule has 0 saturated heterocycles. The first-order chi connectivity index (χ1) is 6.59. The molecule has 14 heavy (non-hydrogen) atoms. The molecule has 2 heterocycles. The lowest BCUT2D eigenvalue weighted by Crippen LogP contribution is -2.09. The molecule has 2 aromatic rings. The van der Waals surface area contributed by atoms with Crippen molar-refractivity contribution in [3.63, 3.8) is 0 Å². The number of nitrogens with zero attached hydrogens (tertiary/aromatic N) is 3. The second kappa shape index (κ2) is 3.02. The number of thiocarbonyl (C=S) groups is 1. The van der Waals surface area contributed by atoms with Crippen LogP contribution in [0.4, 0.5) is 0 Å². The van der Waals surface area contributed by atoms with E-state index in [2.05, 4.69) is 10.1 Å². The van der Waals surface area contributed by atoms with Gasteiger partial charge in [-0.05, 0) is 13.0 Å². The zero-order valence-electron chi connectivity index (χ0n) is 7.98. The van der Waals surface area contributed by atoms with Crippen LogP contribution in [0, 0.1) is 6.92 Å². The zero-order valence-corrected chi connectivity index (χ0v) is 8.80. The lowest BCUT2D eigenvalue weighted by atomic mass is 10.2. The average molecular weight is 206 g/mol. The van der Waals surface area contributed by atoms with Crippen LogP contribution in [-0.2, 0) is 7.05 Å². The monoisotopic (exact) mass is 206 g/mol. The summed E-state index contributed by atoms with van der Waals surface area (Å²) < 4.78 is 1.74. The maximum atomic E-state index is 5.53. The number of fused-ring (bicyclic) bond motifs is 1. The summed E-state index contributed by atoms with van der Waals surface area (Å²) in [6, 6.07) is 1.92. The van der Waals surface area contributed by atoms with Gasteiger partial charge in [0.15, 0.2) is 5.65 Å². The van der Waals surface area contributed by atoms with Crippen molar-refractivity contribution >= 4 is 28.2 Å². The first-order valence-electron chi connectivity index (χ1n) is 4.19. The number of pyridine rings is 1. The van der Waals surface area contributed by atoms with Crippen molar-refractivity contribution in [2.45, 2.75) is 6.92 Å². The van der Waals surface area contributed by atoms with Crippen molar-refractivity contribution in [2.24, 2.45) is 12.8 Å². The molecule has 0 bridgehead atoms. The summed E-state index contributed by atoms with van der Waals surface area (Å²) in [5.41, 5.74) is 8.09. The van der Waals surface area contributed by atoms with Crippen LogP contribution in [-0.4, -0.2) is 19.8 Å². The van der Waals surface area contributed by atoms with E-state index in [1.54, 1.807) is 10.9 Å². The van der Waals surface area contributed by atoms with E-state index in [-0.39, 0.29) is 0 Å². The molecule has 72 valence electrons. The fraction of sp³-hybridized carbons (Fsp3) is 0.222. The smallest absolute Gasteiger partial charge is 0.157 e. The van der Waals surface area contributed by atoms with Gasteiger partial charge in [0.1, 0.15) is 4.99 Å². The van der Waals surface area contributed by atoms with E-state index in [1.807, 2.05) is 20.0 Å². The summed E-state index contributed by atoms with van der Waals surface area (Å²) in [5.74, 6) is 0. The number of rotatable bonds is 1. The Kier molecular flexibility index (Phi) is 1.96. The molecule has 2 N–H and O–H groups in total. The largest absolute Gasteiger partial charge is 0.389 e. The summed E-state index contributed by atoms with van der Waals surface area (Å²) in [6.07, 6.45) is 1.67. The molecule has 2 rings (SSSR count). The molecule has 0 amide bonds. The Morgan fingerprint density at radius 2 is 2.29 bits per heavy atom. The van der Waals surface area contributed by atoms with Crippen LogP contribution in [0.5, 0.6) is 0 Å². The van der Waals surface area contributed by atoms with Gasteiger partial charge in [0.25, 0.3) is 0 Å². The first-order valence-corrected chi connectivity index (χ1v) is 4.59. The van der Waals surface area contributed by atoms with Gasteiger partial charge in [-0.2, -0.15) is 5.10 Å². The third-order valence-corrected chi connectivity index (χ3v) is 2.38. The summed E-state index contributed by atoms with van der Waals surface area (Å²) >= 11 is 4.89. The van der Waals surface area contributed by atoms with Crippen LogP contribution in [0.15, 0.2) is 12.3 Å². The minimum atomic E-state index is 0.364. The number of nitrogens with two attached hydrogens (primary N) is 1. The van der Waals surface area contributed by atoms with Crippen LogP contribution in [0.1, 0.15) is 11.3 Å². The Morgan fingerprint density at radius 3 is 2.93 bits per heavy atom. The normalized spacial score (nSPS) is 10.7. The molecule has 2 aromatic heterocycles. The van der Waals surface area contributed by atoms with Crippen molar-refractivity contribution in [3.8, 4) is 0 Å². The van der Waals surface area contributed by atoms with Crippen molar-refractivity contribution in [1.82, 2.24) is 14.8 Å². The summed E-state index contributed by atoms with van der Waals surface area (Å²) in [4.78, 5) is 4.62. The van der Waals surface area contributed by atoms with Crippen LogP contribution in [0.25, 0.3) is 11.0 Å². The molecule has 0 atom stereocenters. The number of hydrogen-bond acceptors (Lipinski definition) is 3. The SMILES string of the molecule is Cc1nn(C)c2ncc(C(N)=S)cc12. The molecule has 5 heteroatoms. The highest BCUT2D eigenvalue weighted by atomic mass is 32.1. The van der Waals surface area contributed by atoms with Gasteiger partial charge in [-0.25, -0.2) is 4.98 Å². The molecule has 0 aromatic carbocycles. The topological polar surface area (TPSA) is 56.7 Å². The van der Waals surface area contributed by atoms with Gasteiger partial charge < -0.3 is 5.73 Å². The predicted octanol–water partition coefficient (Wildman–Crippen LogP) is 0.911. The van der Waals surface area contributed by atoms with E-state index < -0.39 is 0 Å². The van der Waals surface area contributed by atoms with Crippen LogP contribution < -0.4 is 5.73 Å². The van der Waals surface area contributed by atoms with Crippen molar-refractivity contribution < 1.29 is 0 Å².